The normalized spacial score (nSPS) is 15.5. The van der Waals surface area contributed by atoms with Crippen LogP contribution in [0, 0.1) is 11.8 Å². The van der Waals surface area contributed by atoms with Gasteiger partial charge in [-0.15, -0.1) is 0 Å². The Hall–Kier alpha value is -1.54. The van der Waals surface area contributed by atoms with Crippen molar-refractivity contribution in [2.75, 3.05) is 26.7 Å². The Morgan fingerprint density at radius 1 is 1.48 bits per heavy atom. The second kappa shape index (κ2) is 7.46. The molecule has 1 amide bonds. The Kier molecular flexibility index (Phi) is 5.63. The van der Waals surface area contributed by atoms with Gasteiger partial charge in [-0.05, 0) is 31.0 Å². The molecule has 1 aromatic carbocycles. The van der Waals surface area contributed by atoms with Crippen molar-refractivity contribution in [3.05, 3.63) is 34.3 Å². The van der Waals surface area contributed by atoms with Gasteiger partial charge in [0.1, 0.15) is 0 Å². The van der Waals surface area contributed by atoms with E-state index in [9.17, 15) is 4.79 Å². The van der Waals surface area contributed by atoms with E-state index in [0.717, 1.165) is 12.8 Å². The van der Waals surface area contributed by atoms with Crippen molar-refractivity contribution >= 4 is 17.5 Å². The molecule has 1 aliphatic rings. The molecular weight excluding hydrogens is 288 g/mol. The Balaban J connectivity index is 2.08. The van der Waals surface area contributed by atoms with Crippen LogP contribution in [0.3, 0.4) is 0 Å². The number of nitrogens with zero attached hydrogens (tertiary/aromatic N) is 1. The average molecular weight is 307 g/mol. The van der Waals surface area contributed by atoms with E-state index in [4.69, 9.17) is 22.1 Å². The highest BCUT2D eigenvalue weighted by Gasteiger charge is 2.23. The van der Waals surface area contributed by atoms with Crippen LogP contribution >= 0.6 is 11.6 Å². The Morgan fingerprint density at radius 2 is 2.19 bits per heavy atom. The van der Waals surface area contributed by atoms with Gasteiger partial charge < -0.3 is 15.4 Å². The number of halogens is 1. The van der Waals surface area contributed by atoms with Crippen molar-refractivity contribution in [2.45, 2.75) is 18.9 Å². The smallest absolute Gasteiger partial charge is 0.253 e. The summed E-state index contributed by atoms with van der Waals surface area (Å²) in [6.07, 6.45) is 2.00. The van der Waals surface area contributed by atoms with Crippen molar-refractivity contribution in [3.63, 3.8) is 0 Å². The predicted octanol–water partition coefficient (Wildman–Crippen LogP) is 1.90. The third kappa shape index (κ3) is 3.98. The summed E-state index contributed by atoms with van der Waals surface area (Å²) in [5, 5.41) is 0.480. The van der Waals surface area contributed by atoms with Gasteiger partial charge in [-0.2, -0.15) is 0 Å². The number of amides is 1. The topological polar surface area (TPSA) is 55.6 Å². The van der Waals surface area contributed by atoms with Gasteiger partial charge in [0.25, 0.3) is 5.91 Å². The predicted molar refractivity (Wildman–Crippen MR) is 83.3 cm³/mol. The lowest BCUT2D eigenvalue weighted by atomic mass is 10.1. The molecule has 1 saturated heterocycles. The molecule has 21 heavy (non-hydrogen) atoms. The minimum absolute atomic E-state index is 0.00443. The number of carbonyl (C=O) groups excluding carboxylic acids is 1. The first-order chi connectivity index (χ1) is 10.2. The van der Waals surface area contributed by atoms with Crippen molar-refractivity contribution in [1.29, 1.82) is 0 Å². The zero-order chi connectivity index (χ0) is 15.2. The van der Waals surface area contributed by atoms with Crippen LogP contribution in [0.5, 0.6) is 0 Å². The number of nitrogens with two attached hydrogens (primary N) is 1. The SMILES string of the molecule is COC1CCN(C(=O)c2ccc(C#CCN)c(Cl)c2)CC1. The number of rotatable bonds is 2. The van der Waals surface area contributed by atoms with Crippen LogP contribution in [0.15, 0.2) is 18.2 Å². The summed E-state index contributed by atoms with van der Waals surface area (Å²) >= 11 is 6.16. The first-order valence-corrected chi connectivity index (χ1v) is 7.34. The summed E-state index contributed by atoms with van der Waals surface area (Å²) in [5.74, 6) is 5.64. The van der Waals surface area contributed by atoms with E-state index in [1.807, 2.05) is 4.90 Å². The average Bonchev–Trinajstić information content (AvgIpc) is 2.53. The quantitative estimate of drug-likeness (QED) is 0.849. The summed E-state index contributed by atoms with van der Waals surface area (Å²) in [6, 6.07) is 5.20. The van der Waals surface area contributed by atoms with Crippen LogP contribution in [0.4, 0.5) is 0 Å². The number of ether oxygens (including phenoxy) is 1. The first kappa shape index (κ1) is 15.8. The molecule has 1 heterocycles. The van der Waals surface area contributed by atoms with Crippen LogP contribution < -0.4 is 5.73 Å². The van der Waals surface area contributed by atoms with Crippen molar-refractivity contribution < 1.29 is 9.53 Å². The summed E-state index contributed by atoms with van der Waals surface area (Å²) in [7, 11) is 1.71. The van der Waals surface area contributed by atoms with Gasteiger partial charge in [0.05, 0.1) is 17.7 Å². The molecule has 0 bridgehead atoms. The van der Waals surface area contributed by atoms with Crippen LogP contribution in [0.2, 0.25) is 5.02 Å². The minimum Gasteiger partial charge on any atom is -0.381 e. The lowest BCUT2D eigenvalue weighted by molar-refractivity contribution is 0.0351. The van der Waals surface area contributed by atoms with E-state index in [1.165, 1.54) is 0 Å². The molecular formula is C16H19ClN2O2. The number of carbonyl (C=O) groups is 1. The number of methoxy groups -OCH3 is 1. The number of likely N-dealkylation sites (tertiary alicyclic amines) is 1. The fourth-order valence-corrected chi connectivity index (χ4v) is 2.60. The molecule has 1 aromatic rings. The molecule has 2 N–H and O–H groups in total. The van der Waals surface area contributed by atoms with Gasteiger partial charge in [0, 0.05) is 31.3 Å². The largest absolute Gasteiger partial charge is 0.381 e. The summed E-state index contributed by atoms with van der Waals surface area (Å²) < 4.78 is 5.31. The van der Waals surface area contributed by atoms with Crippen LogP contribution in [0.1, 0.15) is 28.8 Å². The zero-order valence-electron chi connectivity index (χ0n) is 12.1. The van der Waals surface area contributed by atoms with Gasteiger partial charge in [-0.3, -0.25) is 4.79 Å². The molecule has 0 saturated carbocycles. The summed E-state index contributed by atoms with van der Waals surface area (Å²) in [5.41, 5.74) is 6.62. The van der Waals surface area contributed by atoms with E-state index < -0.39 is 0 Å². The maximum absolute atomic E-state index is 12.4. The summed E-state index contributed by atoms with van der Waals surface area (Å²) in [6.45, 7) is 1.71. The fourth-order valence-electron chi connectivity index (χ4n) is 2.37. The number of benzene rings is 1. The molecule has 5 heteroatoms. The number of hydrogen-bond donors (Lipinski definition) is 1. The second-order valence-corrected chi connectivity index (χ2v) is 5.33. The first-order valence-electron chi connectivity index (χ1n) is 6.96. The zero-order valence-corrected chi connectivity index (χ0v) is 12.8. The van der Waals surface area contributed by atoms with E-state index in [0.29, 0.717) is 29.2 Å². The maximum atomic E-state index is 12.4. The van der Waals surface area contributed by atoms with E-state index in [-0.39, 0.29) is 18.6 Å². The standard InChI is InChI=1S/C16H19ClN2O2/c1-21-14-6-9-19(10-7-14)16(20)13-5-4-12(3-2-8-18)15(17)11-13/h4-5,11,14H,6-10,18H2,1H3. The van der Waals surface area contributed by atoms with Crippen LogP contribution in [0.25, 0.3) is 0 Å². The highest BCUT2D eigenvalue weighted by molar-refractivity contribution is 6.32. The molecule has 0 aliphatic carbocycles. The van der Waals surface area contributed by atoms with Gasteiger partial charge in [-0.1, -0.05) is 23.4 Å². The molecule has 4 nitrogen and oxygen atoms in total. The number of piperidine rings is 1. The third-order valence-corrected chi connectivity index (χ3v) is 3.92. The maximum Gasteiger partial charge on any atom is 0.253 e. The van der Waals surface area contributed by atoms with Crippen molar-refractivity contribution in [2.24, 2.45) is 5.73 Å². The Morgan fingerprint density at radius 3 is 2.76 bits per heavy atom. The Bertz CT molecular complexity index is 569. The molecule has 0 radical (unpaired) electrons. The van der Waals surface area contributed by atoms with Crippen LogP contribution in [-0.2, 0) is 4.74 Å². The van der Waals surface area contributed by atoms with Crippen molar-refractivity contribution in [1.82, 2.24) is 4.90 Å². The molecule has 1 fully saturated rings. The lowest BCUT2D eigenvalue weighted by Crippen LogP contribution is -2.40. The minimum atomic E-state index is 0.00443. The monoisotopic (exact) mass is 306 g/mol. The lowest BCUT2D eigenvalue weighted by Gasteiger charge is -2.31. The van der Waals surface area contributed by atoms with Gasteiger partial charge in [0.15, 0.2) is 0 Å². The molecule has 1 aliphatic heterocycles. The third-order valence-electron chi connectivity index (χ3n) is 3.60. The molecule has 0 atom stereocenters. The molecule has 112 valence electrons. The Labute approximate surface area is 130 Å². The molecule has 0 spiro atoms. The molecule has 2 rings (SSSR count). The van der Waals surface area contributed by atoms with E-state index in [2.05, 4.69) is 11.8 Å². The van der Waals surface area contributed by atoms with Crippen LogP contribution in [-0.4, -0.2) is 43.7 Å². The summed E-state index contributed by atoms with van der Waals surface area (Å²) in [4.78, 5) is 14.3. The fraction of sp³-hybridized carbons (Fsp3) is 0.438. The van der Waals surface area contributed by atoms with Gasteiger partial charge >= 0.3 is 0 Å². The second-order valence-electron chi connectivity index (χ2n) is 4.93. The molecule has 0 unspecified atom stereocenters. The highest BCUT2D eigenvalue weighted by atomic mass is 35.5. The number of hydrogen-bond acceptors (Lipinski definition) is 3. The van der Waals surface area contributed by atoms with Crippen molar-refractivity contribution in [3.8, 4) is 11.8 Å². The highest BCUT2D eigenvalue weighted by Crippen LogP contribution is 2.20. The molecule has 0 aromatic heterocycles. The van der Waals surface area contributed by atoms with E-state index in [1.54, 1.807) is 25.3 Å². The van der Waals surface area contributed by atoms with E-state index >= 15 is 0 Å². The van der Waals surface area contributed by atoms with Gasteiger partial charge in [-0.25, -0.2) is 0 Å². The van der Waals surface area contributed by atoms with Gasteiger partial charge in [0.2, 0.25) is 0 Å².